The summed E-state index contributed by atoms with van der Waals surface area (Å²) in [5.74, 6) is -0.797. The molecule has 0 saturated heterocycles. The maximum atomic E-state index is 13.5. The molecular weight excluding hydrogens is 369 g/mol. The molecular formula is C19H20FN3O3S. The Bertz CT molecular complexity index is 1130. The molecule has 0 aliphatic rings. The molecule has 1 N–H and O–H groups in total. The summed E-state index contributed by atoms with van der Waals surface area (Å²) in [7, 11) is -2.42. The summed E-state index contributed by atoms with van der Waals surface area (Å²) in [6.07, 6.45) is 0. The minimum Gasteiger partial charge on any atom is -0.283 e. The van der Waals surface area contributed by atoms with E-state index in [0.717, 1.165) is 12.1 Å². The van der Waals surface area contributed by atoms with Crippen molar-refractivity contribution in [3.05, 3.63) is 76.5 Å². The number of benzene rings is 2. The molecule has 0 atom stereocenters. The normalized spacial score (nSPS) is 11.7. The number of aromatic nitrogens is 2. The molecule has 1 heterocycles. The Balaban J connectivity index is 2.17. The molecule has 0 saturated carbocycles. The van der Waals surface area contributed by atoms with Gasteiger partial charge in [0.2, 0.25) is 0 Å². The minimum absolute atomic E-state index is 0.0411. The van der Waals surface area contributed by atoms with Crippen molar-refractivity contribution in [1.29, 1.82) is 0 Å². The van der Waals surface area contributed by atoms with E-state index in [-0.39, 0.29) is 16.5 Å². The standard InChI is InChI=1S/C19H20FN3O3S/c1-13(2)18-17(21-27(25,26)16-11-7-8-14(20)12-16)19(24)23(22(18)3)15-9-5-4-6-10-15/h4-13,21H,1-3H3. The smallest absolute Gasteiger partial charge is 0.283 e. The van der Waals surface area contributed by atoms with Crippen LogP contribution in [0.3, 0.4) is 0 Å². The fourth-order valence-electron chi connectivity index (χ4n) is 3.07. The highest BCUT2D eigenvalue weighted by Crippen LogP contribution is 2.25. The first-order valence-electron chi connectivity index (χ1n) is 8.38. The fraction of sp³-hybridized carbons (Fsp3) is 0.211. The first kappa shape index (κ1) is 18.9. The number of halogens is 1. The predicted octanol–water partition coefficient (Wildman–Crippen LogP) is 3.24. The summed E-state index contributed by atoms with van der Waals surface area (Å²) < 4.78 is 44.3. The van der Waals surface area contributed by atoms with Gasteiger partial charge in [0.15, 0.2) is 0 Å². The van der Waals surface area contributed by atoms with Gasteiger partial charge >= 0.3 is 0 Å². The van der Waals surface area contributed by atoms with Crippen molar-refractivity contribution in [3.8, 4) is 5.69 Å². The highest BCUT2D eigenvalue weighted by molar-refractivity contribution is 7.92. The van der Waals surface area contributed by atoms with E-state index in [9.17, 15) is 17.6 Å². The zero-order valence-electron chi connectivity index (χ0n) is 15.2. The number of nitrogens with zero attached hydrogens (tertiary/aromatic N) is 2. The van der Waals surface area contributed by atoms with Gasteiger partial charge in [-0.2, -0.15) is 0 Å². The van der Waals surface area contributed by atoms with Crippen molar-refractivity contribution < 1.29 is 12.8 Å². The first-order chi connectivity index (χ1) is 12.7. The Morgan fingerprint density at radius 1 is 1.04 bits per heavy atom. The van der Waals surface area contributed by atoms with Gasteiger partial charge in [-0.05, 0) is 36.2 Å². The van der Waals surface area contributed by atoms with Crippen LogP contribution >= 0.6 is 0 Å². The van der Waals surface area contributed by atoms with Crippen LogP contribution in [0.25, 0.3) is 5.69 Å². The molecule has 0 aliphatic carbocycles. The van der Waals surface area contributed by atoms with E-state index in [4.69, 9.17) is 0 Å². The number of rotatable bonds is 5. The zero-order valence-corrected chi connectivity index (χ0v) is 16.0. The van der Waals surface area contributed by atoms with Crippen molar-refractivity contribution in [2.45, 2.75) is 24.7 Å². The van der Waals surface area contributed by atoms with Crippen molar-refractivity contribution in [1.82, 2.24) is 9.36 Å². The quantitative estimate of drug-likeness (QED) is 0.728. The van der Waals surface area contributed by atoms with E-state index in [0.29, 0.717) is 11.4 Å². The number of sulfonamides is 1. The van der Waals surface area contributed by atoms with Gasteiger partial charge in [-0.1, -0.05) is 38.1 Å². The lowest BCUT2D eigenvalue weighted by Crippen LogP contribution is -2.23. The lowest BCUT2D eigenvalue weighted by atomic mass is 10.1. The zero-order chi connectivity index (χ0) is 19.8. The van der Waals surface area contributed by atoms with Gasteiger partial charge in [0.1, 0.15) is 11.5 Å². The lowest BCUT2D eigenvalue weighted by molar-refractivity contribution is 0.593. The van der Waals surface area contributed by atoms with E-state index >= 15 is 0 Å². The maximum Gasteiger partial charge on any atom is 0.296 e. The van der Waals surface area contributed by atoms with Crippen molar-refractivity contribution in [2.75, 3.05) is 4.72 Å². The molecule has 142 valence electrons. The Morgan fingerprint density at radius 3 is 2.30 bits per heavy atom. The molecule has 0 radical (unpaired) electrons. The molecule has 3 rings (SSSR count). The van der Waals surface area contributed by atoms with Gasteiger partial charge in [-0.25, -0.2) is 17.5 Å². The Hall–Kier alpha value is -2.87. The van der Waals surface area contributed by atoms with Crippen molar-refractivity contribution >= 4 is 15.7 Å². The molecule has 0 unspecified atom stereocenters. The van der Waals surface area contributed by atoms with E-state index in [1.165, 1.54) is 16.8 Å². The lowest BCUT2D eigenvalue weighted by Gasteiger charge is -2.13. The third-order valence-corrected chi connectivity index (χ3v) is 5.55. The van der Waals surface area contributed by atoms with Gasteiger partial charge in [0.05, 0.1) is 16.3 Å². The summed E-state index contributed by atoms with van der Waals surface area (Å²) in [4.78, 5) is 12.8. The second-order valence-electron chi connectivity index (χ2n) is 6.45. The van der Waals surface area contributed by atoms with Gasteiger partial charge in [-0.3, -0.25) is 14.2 Å². The van der Waals surface area contributed by atoms with Crippen LogP contribution in [0.2, 0.25) is 0 Å². The number of hydrogen-bond donors (Lipinski definition) is 1. The summed E-state index contributed by atoms with van der Waals surface area (Å²) in [5, 5.41) is 0. The fourth-order valence-corrected chi connectivity index (χ4v) is 4.17. The molecule has 3 aromatic rings. The molecule has 0 spiro atoms. The number of anilines is 1. The van der Waals surface area contributed by atoms with Crippen LogP contribution in [0.5, 0.6) is 0 Å². The van der Waals surface area contributed by atoms with E-state index in [1.54, 1.807) is 36.0 Å². The van der Waals surface area contributed by atoms with Gasteiger partial charge < -0.3 is 0 Å². The minimum atomic E-state index is -4.12. The predicted molar refractivity (Wildman–Crippen MR) is 102 cm³/mol. The molecule has 0 fully saturated rings. The SMILES string of the molecule is CC(C)c1c(NS(=O)(=O)c2cccc(F)c2)c(=O)n(-c2ccccc2)n1C. The van der Waals surface area contributed by atoms with Crippen molar-refractivity contribution in [3.63, 3.8) is 0 Å². The van der Waals surface area contributed by atoms with Crippen LogP contribution in [0, 0.1) is 5.82 Å². The van der Waals surface area contributed by atoms with Gasteiger partial charge in [0, 0.05) is 7.05 Å². The Labute approximate surface area is 156 Å². The van der Waals surface area contributed by atoms with E-state index in [1.807, 2.05) is 19.9 Å². The maximum absolute atomic E-state index is 13.5. The highest BCUT2D eigenvalue weighted by atomic mass is 32.2. The number of para-hydroxylation sites is 1. The molecule has 1 aromatic heterocycles. The second kappa shape index (κ2) is 7.03. The van der Waals surface area contributed by atoms with Crippen LogP contribution in [0.15, 0.2) is 64.3 Å². The number of nitrogens with one attached hydrogen (secondary N) is 1. The second-order valence-corrected chi connectivity index (χ2v) is 8.14. The van der Waals surface area contributed by atoms with Crippen LogP contribution in [-0.4, -0.2) is 17.8 Å². The van der Waals surface area contributed by atoms with Crippen LogP contribution in [-0.2, 0) is 17.1 Å². The van der Waals surface area contributed by atoms with Crippen LogP contribution in [0.4, 0.5) is 10.1 Å². The molecule has 0 aliphatic heterocycles. The molecule has 27 heavy (non-hydrogen) atoms. The average Bonchev–Trinajstić information content (AvgIpc) is 2.85. The largest absolute Gasteiger partial charge is 0.296 e. The van der Waals surface area contributed by atoms with Gasteiger partial charge in [-0.15, -0.1) is 0 Å². The summed E-state index contributed by atoms with van der Waals surface area (Å²) in [5.41, 5.74) is 0.611. The molecule has 0 amide bonds. The third kappa shape index (κ3) is 3.52. The van der Waals surface area contributed by atoms with Crippen molar-refractivity contribution in [2.24, 2.45) is 7.05 Å². The molecule has 2 aromatic carbocycles. The summed E-state index contributed by atoms with van der Waals surface area (Å²) in [6.45, 7) is 3.73. The molecule has 0 bridgehead atoms. The third-order valence-electron chi connectivity index (χ3n) is 4.20. The molecule has 8 heteroatoms. The highest BCUT2D eigenvalue weighted by Gasteiger charge is 2.26. The monoisotopic (exact) mass is 389 g/mol. The summed E-state index contributed by atoms with van der Waals surface area (Å²) in [6, 6.07) is 13.6. The number of hydrogen-bond acceptors (Lipinski definition) is 3. The summed E-state index contributed by atoms with van der Waals surface area (Å²) >= 11 is 0. The van der Waals surface area contributed by atoms with Gasteiger partial charge in [0.25, 0.3) is 15.6 Å². The first-order valence-corrected chi connectivity index (χ1v) is 9.86. The average molecular weight is 389 g/mol. The van der Waals surface area contributed by atoms with Crippen LogP contribution < -0.4 is 10.3 Å². The van der Waals surface area contributed by atoms with Crippen LogP contribution in [0.1, 0.15) is 25.5 Å². The van der Waals surface area contributed by atoms with E-state index in [2.05, 4.69) is 4.72 Å². The topological polar surface area (TPSA) is 73.1 Å². The Morgan fingerprint density at radius 2 is 1.70 bits per heavy atom. The Kier molecular flexibility index (Phi) is 4.93. The van der Waals surface area contributed by atoms with E-state index < -0.39 is 21.4 Å². The molecule has 6 nitrogen and oxygen atoms in total.